The van der Waals surface area contributed by atoms with Crippen LogP contribution in [0.25, 0.3) is 5.95 Å². The third kappa shape index (κ3) is 5.28. The lowest BCUT2D eigenvalue weighted by molar-refractivity contribution is -0.00409. The van der Waals surface area contributed by atoms with Crippen LogP contribution < -0.4 is 22.2 Å². The number of aromatic nitrogens is 4. The molecule has 3 rings (SSSR count). The van der Waals surface area contributed by atoms with Crippen LogP contribution in [-0.2, 0) is 9.47 Å². The Morgan fingerprint density at radius 1 is 1.17 bits per heavy atom. The number of methoxy groups -OCH3 is 1. The highest BCUT2D eigenvalue weighted by atomic mass is 16.5. The van der Waals surface area contributed by atoms with Gasteiger partial charge in [0.25, 0.3) is 5.91 Å². The Kier molecular flexibility index (Phi) is 7.13. The van der Waals surface area contributed by atoms with Crippen LogP contribution in [0.4, 0.5) is 0 Å². The number of hydrogen-bond donors (Lipinski definition) is 1. The lowest BCUT2D eigenvalue weighted by Gasteiger charge is -2.29. The number of nitrogens with one attached hydrogen (secondary N) is 1. The summed E-state index contributed by atoms with van der Waals surface area (Å²) in [4.78, 5) is 26.4. The molecule has 0 bridgehead atoms. The van der Waals surface area contributed by atoms with Gasteiger partial charge in [-0.05, 0) is 44.3 Å². The number of aryl methyl sites for hydroxylation is 1. The Balaban J connectivity index is 1.65. The number of imidazole rings is 1. The molecule has 1 saturated carbocycles. The van der Waals surface area contributed by atoms with Gasteiger partial charge in [0.05, 0.1) is 25.0 Å². The number of amides is 1. The fourth-order valence-corrected chi connectivity index (χ4v) is 3.77. The molecule has 11 heteroatoms. The first-order valence-corrected chi connectivity index (χ1v) is 10.2. The second-order valence-electron chi connectivity index (χ2n) is 7.67. The molecule has 0 atom stereocenters. The van der Waals surface area contributed by atoms with E-state index in [0.29, 0.717) is 24.9 Å². The van der Waals surface area contributed by atoms with Gasteiger partial charge in [0.15, 0.2) is 23.5 Å². The molecule has 0 saturated heterocycles. The number of rotatable bonds is 7. The van der Waals surface area contributed by atoms with E-state index in [1.54, 1.807) is 13.2 Å². The van der Waals surface area contributed by atoms with Gasteiger partial charge in [0, 0.05) is 24.4 Å². The second kappa shape index (κ2) is 9.58. The highest BCUT2D eigenvalue weighted by molar-refractivity contribution is 6.48. The number of carbonyl (C=O) groups is 1. The molecular weight excluding hydrogens is 367 g/mol. The first-order chi connectivity index (χ1) is 13.9. The Morgan fingerprint density at radius 2 is 1.90 bits per heavy atom. The van der Waals surface area contributed by atoms with Crippen molar-refractivity contribution in [2.45, 2.75) is 44.8 Å². The van der Waals surface area contributed by atoms with Gasteiger partial charge in [-0.3, -0.25) is 14.3 Å². The van der Waals surface area contributed by atoms with Crippen molar-refractivity contribution in [2.75, 3.05) is 20.3 Å². The fourth-order valence-electron chi connectivity index (χ4n) is 3.77. The SMILES string of the molecule is Bc1nc(B)n(-c2nc(C)cc(C(=O)N[C@H]3CC[C@H](OCCOC)CC3)n2)c1B. The van der Waals surface area contributed by atoms with Gasteiger partial charge in [0.1, 0.15) is 5.69 Å². The maximum Gasteiger partial charge on any atom is 0.270 e. The summed E-state index contributed by atoms with van der Waals surface area (Å²) in [6, 6.07) is 1.87. The highest BCUT2D eigenvalue weighted by Gasteiger charge is 2.24. The van der Waals surface area contributed by atoms with E-state index in [1.807, 2.05) is 35.0 Å². The minimum Gasteiger partial charge on any atom is -0.382 e. The average Bonchev–Trinajstić information content (AvgIpc) is 2.94. The van der Waals surface area contributed by atoms with E-state index in [9.17, 15) is 4.79 Å². The van der Waals surface area contributed by atoms with Crippen LogP contribution in [0.3, 0.4) is 0 Å². The van der Waals surface area contributed by atoms with Crippen molar-refractivity contribution in [3.05, 3.63) is 17.5 Å². The molecule has 29 heavy (non-hydrogen) atoms. The van der Waals surface area contributed by atoms with E-state index in [4.69, 9.17) is 9.47 Å². The van der Waals surface area contributed by atoms with Crippen LogP contribution in [0.15, 0.2) is 6.07 Å². The number of hydrogen-bond acceptors (Lipinski definition) is 6. The van der Waals surface area contributed by atoms with Crippen LogP contribution in [0, 0.1) is 6.92 Å². The molecule has 0 aliphatic heterocycles. The van der Waals surface area contributed by atoms with E-state index in [2.05, 4.69) is 20.3 Å². The summed E-state index contributed by atoms with van der Waals surface area (Å²) in [6.07, 6.45) is 3.94. The summed E-state index contributed by atoms with van der Waals surface area (Å²) in [5.74, 6) is 0.327. The minimum atomic E-state index is -0.160. The van der Waals surface area contributed by atoms with Crippen molar-refractivity contribution in [3.8, 4) is 5.95 Å². The van der Waals surface area contributed by atoms with E-state index in [0.717, 1.165) is 48.3 Å². The van der Waals surface area contributed by atoms with Gasteiger partial charge in [-0.1, -0.05) is 0 Å². The average molecular weight is 395 g/mol. The molecule has 2 heterocycles. The lowest BCUT2D eigenvalue weighted by atomic mass is 9.91. The van der Waals surface area contributed by atoms with Gasteiger partial charge in [0.2, 0.25) is 5.95 Å². The summed E-state index contributed by atoms with van der Waals surface area (Å²) in [5, 5.41) is 3.13. The smallest absolute Gasteiger partial charge is 0.270 e. The zero-order valence-corrected chi connectivity index (χ0v) is 18.0. The molecule has 1 aliphatic rings. The van der Waals surface area contributed by atoms with Crippen LogP contribution in [0.1, 0.15) is 41.9 Å². The van der Waals surface area contributed by atoms with Crippen LogP contribution >= 0.6 is 0 Å². The molecule has 0 aromatic carbocycles. The monoisotopic (exact) mass is 395 g/mol. The lowest BCUT2D eigenvalue weighted by Crippen LogP contribution is -2.40. The summed E-state index contributed by atoms with van der Waals surface area (Å²) in [6.45, 7) is 3.11. The summed E-state index contributed by atoms with van der Waals surface area (Å²) in [7, 11) is 7.52. The van der Waals surface area contributed by atoms with Crippen molar-refractivity contribution in [1.82, 2.24) is 24.8 Å². The molecule has 0 unspecified atom stereocenters. The van der Waals surface area contributed by atoms with Crippen molar-refractivity contribution in [2.24, 2.45) is 0 Å². The second-order valence-corrected chi connectivity index (χ2v) is 7.67. The Bertz CT molecular complexity index is 869. The normalized spacial score (nSPS) is 19.2. The predicted molar refractivity (Wildman–Crippen MR) is 120 cm³/mol. The van der Waals surface area contributed by atoms with Crippen LogP contribution in [0.2, 0.25) is 0 Å². The van der Waals surface area contributed by atoms with E-state index >= 15 is 0 Å². The molecule has 0 radical (unpaired) electrons. The molecule has 152 valence electrons. The van der Waals surface area contributed by atoms with E-state index in [1.165, 1.54) is 0 Å². The van der Waals surface area contributed by atoms with Gasteiger partial charge < -0.3 is 14.8 Å². The molecule has 1 fully saturated rings. The molecule has 2 aromatic heterocycles. The molecule has 8 nitrogen and oxygen atoms in total. The van der Waals surface area contributed by atoms with Gasteiger partial charge in [-0.15, -0.1) is 0 Å². The summed E-state index contributed by atoms with van der Waals surface area (Å²) in [5.41, 5.74) is 3.86. The Labute approximate surface area is 174 Å². The van der Waals surface area contributed by atoms with Crippen molar-refractivity contribution in [3.63, 3.8) is 0 Å². The maximum absolute atomic E-state index is 12.8. The van der Waals surface area contributed by atoms with Crippen LogP contribution in [0.5, 0.6) is 0 Å². The van der Waals surface area contributed by atoms with Crippen molar-refractivity contribution in [1.29, 1.82) is 0 Å². The largest absolute Gasteiger partial charge is 0.382 e. The maximum atomic E-state index is 12.8. The van der Waals surface area contributed by atoms with Crippen LogP contribution in [-0.4, -0.2) is 81.4 Å². The standard InChI is InChI=1S/C18H28B3N5O3/c1-10-9-13(24-18(22-10)26-15(20)14(19)25-17(26)21)16(27)23-11-3-5-12(6-4-11)29-8-7-28-2/h9,11-12H,3-8,19-21H2,1-2H3,(H,23,27)/t11-,12-. The predicted octanol–water partition coefficient (Wildman–Crippen LogP) is -3.55. The molecule has 0 spiro atoms. The highest BCUT2D eigenvalue weighted by Crippen LogP contribution is 2.21. The van der Waals surface area contributed by atoms with Crippen molar-refractivity contribution >= 4 is 46.4 Å². The number of ether oxygens (including phenoxy) is 2. The fraction of sp³-hybridized carbons (Fsp3) is 0.556. The molecule has 1 amide bonds. The Hall–Kier alpha value is -2.13. The quantitative estimate of drug-likeness (QED) is 0.386. The van der Waals surface area contributed by atoms with Crippen molar-refractivity contribution < 1.29 is 14.3 Å². The third-order valence-corrected chi connectivity index (χ3v) is 5.44. The summed E-state index contributed by atoms with van der Waals surface area (Å²) < 4.78 is 12.7. The molecule has 1 aliphatic carbocycles. The topological polar surface area (TPSA) is 91.2 Å². The zero-order chi connectivity index (χ0) is 21.0. The molecular formula is C18H28B3N5O3. The first-order valence-electron chi connectivity index (χ1n) is 10.2. The number of carbonyl (C=O) groups excluding carboxylic acids is 1. The molecule has 2 aromatic rings. The van der Waals surface area contributed by atoms with E-state index in [-0.39, 0.29) is 18.1 Å². The first kappa shape index (κ1) is 21.6. The Morgan fingerprint density at radius 3 is 2.52 bits per heavy atom. The zero-order valence-electron chi connectivity index (χ0n) is 18.0. The van der Waals surface area contributed by atoms with E-state index < -0.39 is 0 Å². The molecule has 1 N–H and O–H groups in total. The third-order valence-electron chi connectivity index (χ3n) is 5.44. The van der Waals surface area contributed by atoms with Gasteiger partial charge >= 0.3 is 0 Å². The van der Waals surface area contributed by atoms with Gasteiger partial charge in [-0.2, -0.15) is 0 Å². The minimum absolute atomic E-state index is 0.141. The number of nitrogens with zero attached hydrogens (tertiary/aromatic N) is 4. The van der Waals surface area contributed by atoms with Gasteiger partial charge in [-0.25, -0.2) is 9.97 Å². The summed E-state index contributed by atoms with van der Waals surface area (Å²) >= 11 is 0.